The minimum atomic E-state index is -0.977. The van der Waals surface area contributed by atoms with Gasteiger partial charge >= 0.3 is 0 Å². The molecule has 1 aromatic carbocycles. The van der Waals surface area contributed by atoms with E-state index in [-0.39, 0.29) is 5.69 Å². The number of benzene rings is 1. The normalized spacial score (nSPS) is 14.4. The van der Waals surface area contributed by atoms with Gasteiger partial charge < -0.3 is 15.9 Å². The largest absolute Gasteiger partial charge is 0.394 e. The van der Waals surface area contributed by atoms with Gasteiger partial charge in [0, 0.05) is 18.2 Å². The van der Waals surface area contributed by atoms with Gasteiger partial charge in [-0.3, -0.25) is 10.1 Å². The lowest BCUT2D eigenvalue weighted by Crippen LogP contribution is -2.38. The van der Waals surface area contributed by atoms with E-state index in [1.807, 2.05) is 0 Å². The molecule has 0 amide bonds. The van der Waals surface area contributed by atoms with Gasteiger partial charge in [0.1, 0.15) is 0 Å². The van der Waals surface area contributed by atoms with Crippen molar-refractivity contribution in [2.75, 3.05) is 6.61 Å². The molecule has 88 valence electrons. The fourth-order valence-corrected chi connectivity index (χ4v) is 1.30. The molecule has 0 bridgehead atoms. The Morgan fingerprint density at radius 2 is 1.94 bits per heavy atom. The third-order valence-electron chi connectivity index (χ3n) is 2.30. The molecule has 0 aliphatic rings. The quantitative estimate of drug-likeness (QED) is 0.476. The summed E-state index contributed by atoms with van der Waals surface area (Å²) in [5, 5.41) is 28.3. The lowest BCUT2D eigenvalue weighted by atomic mass is 10.0. The summed E-state index contributed by atoms with van der Waals surface area (Å²) in [5.41, 5.74) is 6.41. The molecule has 0 saturated heterocycles. The summed E-state index contributed by atoms with van der Waals surface area (Å²) in [5.74, 6) is 0. The summed E-state index contributed by atoms with van der Waals surface area (Å²) >= 11 is 0. The molecule has 6 nitrogen and oxygen atoms in total. The number of nitrogens with two attached hydrogens (primary N) is 1. The summed E-state index contributed by atoms with van der Waals surface area (Å²) in [7, 11) is 0. The standard InChI is InChI=1S/C10H14N2O4/c11-9(10(14)6-13)5-7-1-3-8(4-2-7)12(15)16/h1-4,9-10,13-14H,5-6,11H2. The minimum Gasteiger partial charge on any atom is -0.394 e. The molecule has 6 heteroatoms. The van der Waals surface area contributed by atoms with Crippen LogP contribution < -0.4 is 5.73 Å². The molecule has 0 aromatic heterocycles. The van der Waals surface area contributed by atoms with Gasteiger partial charge in [0.05, 0.1) is 17.6 Å². The maximum Gasteiger partial charge on any atom is 0.269 e. The van der Waals surface area contributed by atoms with E-state index >= 15 is 0 Å². The Balaban J connectivity index is 2.65. The first-order valence-corrected chi connectivity index (χ1v) is 4.82. The fourth-order valence-electron chi connectivity index (χ4n) is 1.30. The lowest BCUT2D eigenvalue weighted by Gasteiger charge is -2.16. The van der Waals surface area contributed by atoms with Crippen molar-refractivity contribution in [1.82, 2.24) is 0 Å². The van der Waals surface area contributed by atoms with Crippen molar-refractivity contribution in [3.8, 4) is 0 Å². The molecule has 0 radical (unpaired) electrons. The van der Waals surface area contributed by atoms with E-state index in [0.29, 0.717) is 6.42 Å². The number of nitro groups is 1. The topological polar surface area (TPSA) is 110 Å². The maximum atomic E-state index is 10.4. The zero-order chi connectivity index (χ0) is 12.1. The SMILES string of the molecule is NC(Cc1ccc([N+](=O)[O-])cc1)C(O)CO. The first-order chi connectivity index (χ1) is 7.54. The van der Waals surface area contributed by atoms with Gasteiger partial charge in [-0.25, -0.2) is 0 Å². The minimum absolute atomic E-state index is 0.0139. The molecule has 1 aromatic rings. The zero-order valence-electron chi connectivity index (χ0n) is 8.61. The molecule has 0 aliphatic carbocycles. The average molecular weight is 226 g/mol. The number of hydrogen-bond acceptors (Lipinski definition) is 5. The second-order valence-electron chi connectivity index (χ2n) is 3.54. The summed E-state index contributed by atoms with van der Waals surface area (Å²) in [6.07, 6.45) is -0.616. The Morgan fingerprint density at radius 1 is 1.38 bits per heavy atom. The summed E-state index contributed by atoms with van der Waals surface area (Å²) in [6.45, 7) is -0.395. The van der Waals surface area contributed by atoms with Crippen LogP contribution in [0.15, 0.2) is 24.3 Å². The molecule has 0 aliphatic heterocycles. The number of aliphatic hydroxyl groups is 2. The first kappa shape index (κ1) is 12.6. The summed E-state index contributed by atoms with van der Waals surface area (Å²) < 4.78 is 0. The van der Waals surface area contributed by atoms with E-state index in [1.165, 1.54) is 12.1 Å². The Labute approximate surface area is 92.5 Å². The molecule has 0 heterocycles. The molecule has 2 atom stereocenters. The second-order valence-corrected chi connectivity index (χ2v) is 3.54. The molecule has 4 N–H and O–H groups in total. The number of nitrogens with zero attached hydrogens (tertiary/aromatic N) is 1. The average Bonchev–Trinajstić information content (AvgIpc) is 2.28. The first-order valence-electron chi connectivity index (χ1n) is 4.82. The molecule has 0 fully saturated rings. The summed E-state index contributed by atoms with van der Waals surface area (Å²) in [4.78, 5) is 9.92. The summed E-state index contributed by atoms with van der Waals surface area (Å²) in [6, 6.07) is 5.36. The molecule has 0 saturated carbocycles. The molecular weight excluding hydrogens is 212 g/mol. The monoisotopic (exact) mass is 226 g/mol. The van der Waals surface area contributed by atoms with Crippen molar-refractivity contribution >= 4 is 5.69 Å². The van der Waals surface area contributed by atoms with Crippen molar-refractivity contribution < 1.29 is 15.1 Å². The third-order valence-corrected chi connectivity index (χ3v) is 2.30. The number of aliphatic hydroxyl groups excluding tert-OH is 2. The van der Waals surface area contributed by atoms with Crippen molar-refractivity contribution in [3.63, 3.8) is 0 Å². The smallest absolute Gasteiger partial charge is 0.269 e. The maximum absolute atomic E-state index is 10.4. The van der Waals surface area contributed by atoms with Gasteiger partial charge in [-0.15, -0.1) is 0 Å². The molecular formula is C10H14N2O4. The van der Waals surface area contributed by atoms with E-state index in [9.17, 15) is 15.2 Å². The van der Waals surface area contributed by atoms with Crippen LogP contribution in [-0.4, -0.2) is 33.9 Å². The lowest BCUT2D eigenvalue weighted by molar-refractivity contribution is -0.384. The second kappa shape index (κ2) is 5.55. The van der Waals surface area contributed by atoms with Crippen LogP contribution in [0.2, 0.25) is 0 Å². The van der Waals surface area contributed by atoms with Crippen LogP contribution in [0.4, 0.5) is 5.69 Å². The Bertz CT molecular complexity index is 352. The van der Waals surface area contributed by atoms with Crippen LogP contribution >= 0.6 is 0 Å². The van der Waals surface area contributed by atoms with E-state index in [1.54, 1.807) is 12.1 Å². The van der Waals surface area contributed by atoms with Crippen LogP contribution in [0.25, 0.3) is 0 Å². The van der Waals surface area contributed by atoms with Gasteiger partial charge in [0.15, 0.2) is 0 Å². The van der Waals surface area contributed by atoms with Crippen molar-refractivity contribution in [3.05, 3.63) is 39.9 Å². The van der Waals surface area contributed by atoms with Crippen LogP contribution in [0.5, 0.6) is 0 Å². The van der Waals surface area contributed by atoms with Gasteiger partial charge in [0.25, 0.3) is 5.69 Å². The van der Waals surface area contributed by atoms with Gasteiger partial charge in [-0.05, 0) is 12.0 Å². The van der Waals surface area contributed by atoms with E-state index in [2.05, 4.69) is 0 Å². The number of non-ortho nitro benzene ring substituents is 1. The Morgan fingerprint density at radius 3 is 2.38 bits per heavy atom. The number of rotatable bonds is 5. The van der Waals surface area contributed by atoms with Crippen LogP contribution in [0, 0.1) is 10.1 Å². The Hall–Kier alpha value is -1.50. The van der Waals surface area contributed by atoms with Crippen molar-refractivity contribution in [1.29, 1.82) is 0 Å². The van der Waals surface area contributed by atoms with Crippen molar-refractivity contribution in [2.24, 2.45) is 5.73 Å². The van der Waals surface area contributed by atoms with E-state index in [4.69, 9.17) is 10.8 Å². The predicted molar refractivity (Wildman–Crippen MR) is 57.9 cm³/mol. The molecule has 2 unspecified atom stereocenters. The Kier molecular flexibility index (Phi) is 4.36. The highest BCUT2D eigenvalue weighted by Gasteiger charge is 2.14. The van der Waals surface area contributed by atoms with Gasteiger partial charge in [0.2, 0.25) is 0 Å². The highest BCUT2D eigenvalue weighted by molar-refractivity contribution is 5.33. The third kappa shape index (κ3) is 3.27. The predicted octanol–water partition coefficient (Wildman–Crippen LogP) is -0.182. The fraction of sp³-hybridized carbons (Fsp3) is 0.400. The van der Waals surface area contributed by atoms with Gasteiger partial charge in [-0.1, -0.05) is 12.1 Å². The molecule has 0 spiro atoms. The van der Waals surface area contributed by atoms with Crippen molar-refractivity contribution in [2.45, 2.75) is 18.6 Å². The number of nitro benzene ring substituents is 1. The molecule has 1 rings (SSSR count). The number of hydrogen-bond donors (Lipinski definition) is 3. The van der Waals surface area contributed by atoms with Crippen LogP contribution in [0.1, 0.15) is 5.56 Å². The zero-order valence-corrected chi connectivity index (χ0v) is 8.61. The van der Waals surface area contributed by atoms with E-state index < -0.39 is 23.7 Å². The van der Waals surface area contributed by atoms with Crippen LogP contribution in [-0.2, 0) is 6.42 Å². The van der Waals surface area contributed by atoms with Crippen LogP contribution in [0.3, 0.4) is 0 Å². The molecule has 16 heavy (non-hydrogen) atoms. The van der Waals surface area contributed by atoms with Gasteiger partial charge in [-0.2, -0.15) is 0 Å². The highest BCUT2D eigenvalue weighted by atomic mass is 16.6. The van der Waals surface area contributed by atoms with E-state index in [0.717, 1.165) is 5.56 Å². The highest BCUT2D eigenvalue weighted by Crippen LogP contribution is 2.13.